The summed E-state index contributed by atoms with van der Waals surface area (Å²) in [5.41, 5.74) is 18.6. The van der Waals surface area contributed by atoms with Crippen LogP contribution in [0.3, 0.4) is 0 Å². The van der Waals surface area contributed by atoms with Gasteiger partial charge in [0.2, 0.25) is 0 Å². The Balaban J connectivity index is 1.17. The second-order valence-electron chi connectivity index (χ2n) is 15.8. The molecule has 10 heteroatoms. The average Bonchev–Trinajstić information content (AvgIpc) is 3.68. The van der Waals surface area contributed by atoms with Crippen LogP contribution >= 0.6 is 0 Å². The molecule has 0 spiro atoms. The first-order valence-corrected chi connectivity index (χ1v) is 20.3. The average molecular weight is 749 g/mol. The van der Waals surface area contributed by atoms with Gasteiger partial charge in [-0.05, 0) is 50.7 Å². The van der Waals surface area contributed by atoms with E-state index in [2.05, 4.69) is 181 Å². The quantitative estimate of drug-likeness (QED) is 0.246. The lowest BCUT2D eigenvalue weighted by Gasteiger charge is -2.18. The topological polar surface area (TPSA) is 51.8 Å². The maximum Gasteiger partial charge on any atom is 0.164 e. The maximum absolute atomic E-state index is 7.06. The predicted molar refractivity (Wildman–Crippen MR) is 266 cm³/mol. The molecule has 0 unspecified atom stereocenters. The van der Waals surface area contributed by atoms with Crippen LogP contribution in [0.25, 0.3) is 100 Å². The van der Waals surface area contributed by atoms with Gasteiger partial charge < -0.3 is 4.42 Å². The van der Waals surface area contributed by atoms with E-state index in [4.69, 9.17) is 19.4 Å². The lowest BCUT2D eigenvalue weighted by molar-refractivity contribution is 0.673. The van der Waals surface area contributed by atoms with Gasteiger partial charge in [0.05, 0.1) is 0 Å². The summed E-state index contributed by atoms with van der Waals surface area (Å²) in [6.07, 6.45) is 0. The first-order valence-electron chi connectivity index (χ1n) is 20.3. The molecule has 4 nitrogen and oxygen atoms in total. The van der Waals surface area contributed by atoms with Crippen LogP contribution in [0.4, 0.5) is 0 Å². The predicted octanol–water partition coefficient (Wildman–Crippen LogP) is 2.48. The van der Waals surface area contributed by atoms with Gasteiger partial charge in [0.1, 0.15) is 58.2 Å². The molecule has 0 saturated carbocycles. The normalized spacial score (nSPS) is 11.5. The van der Waals surface area contributed by atoms with E-state index >= 15 is 0 Å². The molecule has 59 heavy (non-hydrogen) atoms. The van der Waals surface area contributed by atoms with Gasteiger partial charge in [0.25, 0.3) is 0 Å². The number of aromatic nitrogens is 3. The van der Waals surface area contributed by atoms with E-state index in [1.165, 1.54) is 38.3 Å². The fourth-order valence-corrected chi connectivity index (χ4v) is 8.75. The Kier molecular flexibility index (Phi) is 9.02. The first kappa shape index (κ1) is 36.6. The van der Waals surface area contributed by atoms with Gasteiger partial charge in [-0.25, -0.2) is 15.0 Å². The highest BCUT2D eigenvalue weighted by Gasteiger charge is 2.27. The smallest absolute Gasteiger partial charge is 0.164 e. The Bertz CT molecular complexity index is 3280. The van der Waals surface area contributed by atoms with Crippen molar-refractivity contribution in [2.24, 2.45) is 0 Å². The van der Waals surface area contributed by atoms with E-state index in [0.29, 0.717) is 17.5 Å². The zero-order valence-corrected chi connectivity index (χ0v) is 34.2. The van der Waals surface area contributed by atoms with Crippen LogP contribution in [0, 0.1) is 0 Å². The van der Waals surface area contributed by atoms with Crippen LogP contribution in [0.1, 0.15) is 0 Å². The van der Waals surface area contributed by atoms with E-state index in [0.717, 1.165) is 77.3 Å². The van der Waals surface area contributed by atoms with Crippen molar-refractivity contribution < 1.29 is 4.42 Å². The minimum Gasteiger partial charge on any atom is -0.456 e. The van der Waals surface area contributed by atoms with E-state index in [1.807, 2.05) is 18.2 Å². The molecule has 0 fully saturated rings. The Morgan fingerprint density at radius 2 is 0.814 bits per heavy atom. The SMILES string of the molecule is Bc1c(B)c(B)c2c(oc3c(-c4ccccc4)c(B)c(B)c(-c4nc(-c5ccccc5)nc(-c5cccc(-c6ccc(-c7ccc8ccccc8c7)cc6)c5)n4)c32)c1B. The molecule has 10 rings (SSSR count). The Labute approximate surface area is 349 Å². The molecule has 0 bridgehead atoms. The Hall–Kier alpha value is -6.78. The second kappa shape index (κ2) is 14.6. The molecule has 0 aliphatic heterocycles. The van der Waals surface area contributed by atoms with Crippen molar-refractivity contribution in [3.05, 3.63) is 152 Å². The van der Waals surface area contributed by atoms with Crippen molar-refractivity contribution in [2.45, 2.75) is 0 Å². The van der Waals surface area contributed by atoms with Crippen LogP contribution in [-0.4, -0.2) is 62.0 Å². The fraction of sp³-hybridized carbons (Fsp3) is 0. The van der Waals surface area contributed by atoms with Crippen molar-refractivity contribution in [3.63, 3.8) is 0 Å². The molecule has 0 aliphatic carbocycles. The van der Waals surface area contributed by atoms with Crippen molar-refractivity contribution in [3.8, 4) is 67.5 Å². The molecule has 8 aromatic carbocycles. The van der Waals surface area contributed by atoms with Gasteiger partial charge in [-0.15, -0.1) is 5.46 Å². The Morgan fingerprint density at radius 3 is 1.51 bits per heavy atom. The molecule has 0 saturated heterocycles. The van der Waals surface area contributed by atoms with Crippen LogP contribution in [0.15, 0.2) is 156 Å². The van der Waals surface area contributed by atoms with Gasteiger partial charge >= 0.3 is 0 Å². The number of nitrogens with zero attached hydrogens (tertiary/aromatic N) is 3. The van der Waals surface area contributed by atoms with Crippen molar-refractivity contribution in [2.75, 3.05) is 0 Å². The standard InChI is InChI=1S/C49H37B6N3O/c50-39-35(29-11-3-1-4-12-29)45-36(37-40(51)42(53)43(54)44(55)46(37)59-45)38(41(39)52)49-57-47(30-13-5-2-6-14-30)56-48(58-49)34-17-9-16-32(25-34)27-18-20-28(21-19-27)33-23-22-26-10-7-8-15-31(26)24-33/h1-25H,50-55H2. The van der Waals surface area contributed by atoms with E-state index in [-0.39, 0.29) is 0 Å². The summed E-state index contributed by atoms with van der Waals surface area (Å²) >= 11 is 0. The third-order valence-electron chi connectivity index (χ3n) is 12.5. The Morgan fingerprint density at radius 1 is 0.305 bits per heavy atom. The number of fused-ring (bicyclic) bond motifs is 4. The number of hydrogen-bond donors (Lipinski definition) is 0. The van der Waals surface area contributed by atoms with E-state index in [1.54, 1.807) is 0 Å². The number of rotatable bonds is 6. The summed E-state index contributed by atoms with van der Waals surface area (Å²) in [5, 5.41) is 4.65. The van der Waals surface area contributed by atoms with Gasteiger partial charge in [0.15, 0.2) is 17.5 Å². The summed E-state index contributed by atoms with van der Waals surface area (Å²) in [6, 6.07) is 53.3. The van der Waals surface area contributed by atoms with Crippen LogP contribution in [-0.2, 0) is 0 Å². The summed E-state index contributed by atoms with van der Waals surface area (Å²) < 4.78 is 7.06. The summed E-state index contributed by atoms with van der Waals surface area (Å²) in [5.74, 6) is 1.87. The molecule has 0 atom stereocenters. The lowest BCUT2D eigenvalue weighted by atomic mass is 9.65. The molecule has 0 N–H and O–H groups in total. The summed E-state index contributed by atoms with van der Waals surface area (Å²) in [4.78, 5) is 15.9. The van der Waals surface area contributed by atoms with Crippen LogP contribution in [0.2, 0.25) is 0 Å². The molecular weight excluding hydrogens is 711 g/mol. The summed E-state index contributed by atoms with van der Waals surface area (Å²) in [6.45, 7) is 0. The third-order valence-corrected chi connectivity index (χ3v) is 12.5. The lowest BCUT2D eigenvalue weighted by Crippen LogP contribution is -2.47. The van der Waals surface area contributed by atoms with Crippen LogP contribution < -0.4 is 32.8 Å². The third kappa shape index (κ3) is 6.22. The summed E-state index contributed by atoms with van der Waals surface area (Å²) in [7, 11) is 13.2. The van der Waals surface area contributed by atoms with Gasteiger partial charge in [-0.2, -0.15) is 0 Å². The first-order chi connectivity index (χ1) is 28.7. The molecule has 0 aliphatic rings. The second-order valence-corrected chi connectivity index (χ2v) is 15.8. The molecule has 272 valence electrons. The zero-order valence-electron chi connectivity index (χ0n) is 34.2. The molecule has 0 amide bonds. The molecule has 0 radical (unpaired) electrons. The molecule has 2 heterocycles. The van der Waals surface area contributed by atoms with Crippen molar-refractivity contribution in [1.82, 2.24) is 15.0 Å². The highest BCUT2D eigenvalue weighted by molar-refractivity contribution is 6.67. The van der Waals surface area contributed by atoms with Crippen molar-refractivity contribution in [1.29, 1.82) is 0 Å². The molecule has 2 aromatic heterocycles. The molecular formula is C49H37B6N3O. The highest BCUT2D eigenvalue weighted by Crippen LogP contribution is 2.39. The van der Waals surface area contributed by atoms with Crippen molar-refractivity contribution >= 4 is 113 Å². The number of hydrogen-bond acceptors (Lipinski definition) is 4. The number of benzene rings is 8. The van der Waals surface area contributed by atoms with E-state index in [9.17, 15) is 0 Å². The van der Waals surface area contributed by atoms with Gasteiger partial charge in [0, 0.05) is 33.0 Å². The van der Waals surface area contributed by atoms with Gasteiger partial charge in [-0.3, -0.25) is 0 Å². The largest absolute Gasteiger partial charge is 0.456 e. The molecule has 10 aromatic rings. The zero-order chi connectivity index (χ0) is 40.4. The minimum atomic E-state index is 0.619. The maximum atomic E-state index is 7.06. The fourth-order valence-electron chi connectivity index (χ4n) is 8.75. The number of furan rings is 1. The van der Waals surface area contributed by atoms with E-state index < -0.39 is 0 Å². The monoisotopic (exact) mass is 749 g/mol. The van der Waals surface area contributed by atoms with Gasteiger partial charge in [-0.1, -0.05) is 167 Å². The minimum absolute atomic E-state index is 0.619. The van der Waals surface area contributed by atoms with Crippen LogP contribution in [0.5, 0.6) is 0 Å². The highest BCUT2D eigenvalue weighted by atomic mass is 16.3.